The van der Waals surface area contributed by atoms with E-state index in [1.165, 1.54) is 7.11 Å². The Labute approximate surface area is 208 Å². The zero-order valence-corrected chi connectivity index (χ0v) is 21.6. The first kappa shape index (κ1) is 26.3. The zero-order valence-electron chi connectivity index (χ0n) is 21.6. The lowest BCUT2D eigenvalue weighted by Gasteiger charge is -2.40. The van der Waals surface area contributed by atoms with Gasteiger partial charge in [0, 0.05) is 19.2 Å². The van der Waals surface area contributed by atoms with Crippen LogP contribution < -0.4 is 19.5 Å². The maximum absolute atomic E-state index is 13.7. The molecular weight excluding hydrogens is 446 g/mol. The molecule has 2 aromatic rings. The summed E-state index contributed by atoms with van der Waals surface area (Å²) >= 11 is 0. The number of benzene rings is 2. The van der Waals surface area contributed by atoms with Crippen molar-refractivity contribution in [3.05, 3.63) is 53.1 Å². The summed E-state index contributed by atoms with van der Waals surface area (Å²) in [5.74, 6) is 0.730. The molecule has 1 N–H and O–H groups in total. The van der Waals surface area contributed by atoms with Crippen molar-refractivity contribution in [1.82, 2.24) is 15.1 Å². The van der Waals surface area contributed by atoms with E-state index in [0.29, 0.717) is 34.9 Å². The van der Waals surface area contributed by atoms with E-state index in [4.69, 9.17) is 14.2 Å². The normalized spacial score (nSPS) is 17.2. The lowest BCUT2D eigenvalue weighted by molar-refractivity contribution is -0.124. The van der Waals surface area contributed by atoms with E-state index in [0.717, 1.165) is 31.6 Å². The molecule has 35 heavy (non-hydrogen) atoms. The average molecular weight is 484 g/mol. The fraction of sp³-hybridized carbons (Fsp3) is 0.481. The molecule has 190 valence electrons. The number of carbonyl (C=O) groups excluding carboxylic acids is 2. The maximum atomic E-state index is 13.7. The molecule has 0 spiro atoms. The number of nitrogens with one attached hydrogen (secondary N) is 1. The van der Waals surface area contributed by atoms with Crippen molar-refractivity contribution in [3.63, 3.8) is 0 Å². The molecule has 0 unspecified atom stereocenters. The van der Waals surface area contributed by atoms with E-state index in [-0.39, 0.29) is 11.8 Å². The van der Waals surface area contributed by atoms with E-state index in [9.17, 15) is 9.59 Å². The van der Waals surface area contributed by atoms with Crippen LogP contribution >= 0.6 is 0 Å². The van der Waals surface area contributed by atoms with Crippen LogP contribution in [0.2, 0.25) is 0 Å². The van der Waals surface area contributed by atoms with Gasteiger partial charge in [-0.25, -0.2) is 0 Å². The molecule has 0 saturated heterocycles. The Bertz CT molecular complexity index is 1020. The number of fused-ring (bicyclic) bond motifs is 1. The lowest BCUT2D eigenvalue weighted by Crippen LogP contribution is -2.46. The molecule has 1 aliphatic rings. The van der Waals surface area contributed by atoms with Crippen molar-refractivity contribution in [2.45, 2.75) is 32.2 Å². The van der Waals surface area contributed by atoms with E-state index in [1.54, 1.807) is 38.3 Å². The third-order valence-electron chi connectivity index (χ3n) is 6.76. The van der Waals surface area contributed by atoms with Crippen LogP contribution in [-0.4, -0.2) is 76.2 Å². The van der Waals surface area contributed by atoms with Gasteiger partial charge in [-0.2, -0.15) is 0 Å². The van der Waals surface area contributed by atoms with Gasteiger partial charge in [-0.05, 0) is 61.4 Å². The van der Waals surface area contributed by atoms with Crippen molar-refractivity contribution in [1.29, 1.82) is 0 Å². The summed E-state index contributed by atoms with van der Waals surface area (Å²) in [5, 5.41) is 3.12. The minimum absolute atomic E-state index is 0.127. The molecular formula is C27H37N3O5. The highest BCUT2D eigenvalue weighted by molar-refractivity contribution is 6.02. The van der Waals surface area contributed by atoms with Gasteiger partial charge >= 0.3 is 0 Å². The van der Waals surface area contributed by atoms with Gasteiger partial charge in [-0.3, -0.25) is 9.59 Å². The molecule has 1 heterocycles. The van der Waals surface area contributed by atoms with Crippen molar-refractivity contribution < 1.29 is 23.8 Å². The third-order valence-corrected chi connectivity index (χ3v) is 6.76. The quantitative estimate of drug-likeness (QED) is 0.493. The molecule has 0 bridgehead atoms. The van der Waals surface area contributed by atoms with Crippen LogP contribution in [0.3, 0.4) is 0 Å². The van der Waals surface area contributed by atoms with Crippen molar-refractivity contribution in [3.8, 4) is 17.2 Å². The van der Waals surface area contributed by atoms with E-state index in [2.05, 4.69) is 24.1 Å². The first-order valence-electron chi connectivity index (χ1n) is 12.1. The van der Waals surface area contributed by atoms with Gasteiger partial charge in [0.1, 0.15) is 5.75 Å². The van der Waals surface area contributed by atoms with Crippen LogP contribution in [0, 0.1) is 0 Å². The molecule has 2 atom stereocenters. The molecule has 8 nitrogen and oxygen atoms in total. The number of likely N-dealkylation sites (N-methyl/N-ethyl adjacent to an activating group) is 1. The first-order chi connectivity index (χ1) is 16.9. The fourth-order valence-electron chi connectivity index (χ4n) is 4.71. The summed E-state index contributed by atoms with van der Waals surface area (Å²) in [5.41, 5.74) is 1.93. The number of methoxy groups -OCH3 is 3. The lowest BCUT2D eigenvalue weighted by atomic mass is 9.79. The van der Waals surface area contributed by atoms with Gasteiger partial charge in [0.2, 0.25) is 5.91 Å². The first-order valence-corrected chi connectivity index (χ1v) is 12.1. The summed E-state index contributed by atoms with van der Waals surface area (Å²) < 4.78 is 16.2. The Balaban J connectivity index is 2.00. The monoisotopic (exact) mass is 483 g/mol. The molecule has 0 fully saturated rings. The molecule has 2 amide bonds. The minimum Gasteiger partial charge on any atom is -0.497 e. The Kier molecular flexibility index (Phi) is 8.98. The molecule has 1 aliphatic heterocycles. The summed E-state index contributed by atoms with van der Waals surface area (Å²) in [6, 6.07) is 10.4. The van der Waals surface area contributed by atoms with Crippen molar-refractivity contribution in [2.75, 3.05) is 54.6 Å². The molecule has 0 saturated carbocycles. The van der Waals surface area contributed by atoms with Gasteiger partial charge < -0.3 is 29.3 Å². The van der Waals surface area contributed by atoms with Crippen LogP contribution in [0.25, 0.3) is 0 Å². The van der Waals surface area contributed by atoms with E-state index >= 15 is 0 Å². The van der Waals surface area contributed by atoms with E-state index < -0.39 is 12.0 Å². The Morgan fingerprint density at radius 2 is 1.63 bits per heavy atom. The van der Waals surface area contributed by atoms with Crippen molar-refractivity contribution >= 4 is 11.8 Å². The average Bonchev–Trinajstić information content (AvgIpc) is 2.89. The summed E-state index contributed by atoms with van der Waals surface area (Å²) in [6.07, 6.45) is 0.848. The topological polar surface area (TPSA) is 80.3 Å². The Morgan fingerprint density at radius 1 is 1.00 bits per heavy atom. The highest BCUT2D eigenvalue weighted by Crippen LogP contribution is 2.45. The summed E-state index contributed by atoms with van der Waals surface area (Å²) in [4.78, 5) is 31.1. The second kappa shape index (κ2) is 11.9. The van der Waals surface area contributed by atoms with Crippen LogP contribution in [0.5, 0.6) is 17.2 Å². The fourth-order valence-corrected chi connectivity index (χ4v) is 4.71. The van der Waals surface area contributed by atoms with Crippen LogP contribution in [0.15, 0.2) is 36.4 Å². The Morgan fingerprint density at radius 3 is 2.20 bits per heavy atom. The van der Waals surface area contributed by atoms with Crippen LogP contribution in [0.1, 0.15) is 53.7 Å². The minimum atomic E-state index is -0.616. The molecule has 0 aromatic heterocycles. The molecule has 2 aromatic carbocycles. The molecule has 8 heteroatoms. The van der Waals surface area contributed by atoms with Crippen LogP contribution in [-0.2, 0) is 4.79 Å². The maximum Gasteiger partial charge on any atom is 0.254 e. The van der Waals surface area contributed by atoms with Gasteiger partial charge in [0.15, 0.2) is 11.5 Å². The van der Waals surface area contributed by atoms with Crippen LogP contribution in [0.4, 0.5) is 0 Å². The summed E-state index contributed by atoms with van der Waals surface area (Å²) in [7, 11) is 6.42. The second-order valence-electron chi connectivity index (χ2n) is 8.58. The summed E-state index contributed by atoms with van der Waals surface area (Å²) in [6.45, 7) is 7.70. The van der Waals surface area contributed by atoms with Gasteiger partial charge in [-0.1, -0.05) is 26.0 Å². The SMILES string of the molecule is CCN(CC)CCCNC(=O)[C@H]1c2cc(OC)c(OC)cc2C(=O)N(C)[C@H]1c1ccc(OC)cc1. The molecule has 0 radical (unpaired) electrons. The number of nitrogens with zero attached hydrogens (tertiary/aromatic N) is 2. The second-order valence-corrected chi connectivity index (χ2v) is 8.58. The zero-order chi connectivity index (χ0) is 25.5. The smallest absolute Gasteiger partial charge is 0.254 e. The highest BCUT2D eigenvalue weighted by atomic mass is 16.5. The number of rotatable bonds is 11. The highest BCUT2D eigenvalue weighted by Gasteiger charge is 2.43. The Hall–Kier alpha value is -3.26. The van der Waals surface area contributed by atoms with Gasteiger partial charge in [0.05, 0.1) is 33.3 Å². The number of carbonyl (C=O) groups is 2. The largest absolute Gasteiger partial charge is 0.497 e. The molecule has 3 rings (SSSR count). The predicted molar refractivity (Wildman–Crippen MR) is 136 cm³/mol. The number of hydrogen-bond donors (Lipinski definition) is 1. The predicted octanol–water partition coefficient (Wildman–Crippen LogP) is 3.47. The number of amides is 2. The van der Waals surface area contributed by atoms with E-state index in [1.807, 2.05) is 24.3 Å². The standard InChI is InChI=1S/C27H37N3O5/c1-7-30(8-2)15-9-14-28-26(31)24-20-16-22(34-5)23(35-6)17-21(20)27(32)29(3)25(24)18-10-12-19(33-4)13-11-18/h10-13,16-17,24-25H,7-9,14-15H2,1-6H3,(H,28,31)/t24-,25-/m0/s1. The van der Waals surface area contributed by atoms with Crippen molar-refractivity contribution in [2.24, 2.45) is 0 Å². The third kappa shape index (κ3) is 5.53. The number of ether oxygens (including phenoxy) is 3. The number of hydrogen-bond acceptors (Lipinski definition) is 6. The van der Waals surface area contributed by atoms with Gasteiger partial charge in [0.25, 0.3) is 5.91 Å². The molecule has 0 aliphatic carbocycles. The van der Waals surface area contributed by atoms with Gasteiger partial charge in [-0.15, -0.1) is 0 Å².